The number of hydrogen-bond acceptors (Lipinski definition) is 3. The summed E-state index contributed by atoms with van der Waals surface area (Å²) in [5, 5.41) is 2.96. The summed E-state index contributed by atoms with van der Waals surface area (Å²) in [6.07, 6.45) is 0.499. The van der Waals surface area contributed by atoms with E-state index in [0.29, 0.717) is 13.0 Å². The number of nitrogens with one attached hydrogen (secondary N) is 1. The zero-order valence-corrected chi connectivity index (χ0v) is 14.9. The number of hydrogen-bond donors (Lipinski definition) is 1. The van der Waals surface area contributed by atoms with E-state index in [1.807, 2.05) is 0 Å². The summed E-state index contributed by atoms with van der Waals surface area (Å²) in [4.78, 5) is 37.5. The minimum absolute atomic E-state index is 0.128. The Morgan fingerprint density at radius 1 is 1.00 bits per heavy atom. The summed E-state index contributed by atoms with van der Waals surface area (Å²) in [5.41, 5.74) is 1.11. The molecule has 0 aromatic heterocycles. The standard InChI is InChI=1S/C18H13Cl2FN2O3/c19-14-7-12-13(8-15(14)20)18(26)23(17(12)25)9-16(24)22-6-5-10-1-3-11(21)4-2-10/h1-4,7-8H,5-6,9H2,(H,22,24). The van der Waals surface area contributed by atoms with Crippen molar-refractivity contribution in [2.24, 2.45) is 0 Å². The number of carbonyl (C=O) groups excluding carboxylic acids is 3. The average Bonchev–Trinajstić information content (AvgIpc) is 2.82. The van der Waals surface area contributed by atoms with E-state index in [1.165, 1.54) is 24.3 Å². The third-order valence-corrected chi connectivity index (χ3v) is 4.68. The number of amides is 3. The monoisotopic (exact) mass is 394 g/mol. The highest BCUT2D eigenvalue weighted by molar-refractivity contribution is 6.43. The van der Waals surface area contributed by atoms with Gasteiger partial charge in [-0.15, -0.1) is 0 Å². The van der Waals surface area contributed by atoms with E-state index in [9.17, 15) is 18.8 Å². The van der Waals surface area contributed by atoms with Crippen molar-refractivity contribution in [3.8, 4) is 0 Å². The minimum Gasteiger partial charge on any atom is -0.354 e. The fourth-order valence-corrected chi connectivity index (χ4v) is 2.95. The molecule has 0 saturated heterocycles. The Hall–Kier alpha value is -2.44. The van der Waals surface area contributed by atoms with Gasteiger partial charge >= 0.3 is 0 Å². The van der Waals surface area contributed by atoms with Crippen molar-refractivity contribution in [3.63, 3.8) is 0 Å². The number of imide groups is 1. The number of benzene rings is 2. The molecule has 1 heterocycles. The smallest absolute Gasteiger partial charge is 0.262 e. The highest BCUT2D eigenvalue weighted by Gasteiger charge is 2.37. The zero-order chi connectivity index (χ0) is 18.8. The fraction of sp³-hybridized carbons (Fsp3) is 0.167. The zero-order valence-electron chi connectivity index (χ0n) is 13.4. The lowest BCUT2D eigenvalue weighted by Gasteiger charge is -2.13. The normalized spacial score (nSPS) is 13.1. The van der Waals surface area contributed by atoms with Gasteiger partial charge in [0.25, 0.3) is 11.8 Å². The Balaban J connectivity index is 1.58. The second-order valence-corrected chi connectivity index (χ2v) is 6.55. The van der Waals surface area contributed by atoms with Crippen LogP contribution in [0.4, 0.5) is 4.39 Å². The molecule has 2 aromatic carbocycles. The SMILES string of the molecule is O=C(CN1C(=O)c2cc(Cl)c(Cl)cc2C1=O)NCCc1ccc(F)cc1. The average molecular weight is 395 g/mol. The summed E-state index contributed by atoms with van der Waals surface area (Å²) >= 11 is 11.8. The second kappa shape index (κ2) is 7.43. The van der Waals surface area contributed by atoms with Gasteiger partial charge in [-0.3, -0.25) is 19.3 Å². The van der Waals surface area contributed by atoms with Crippen LogP contribution in [0.25, 0.3) is 0 Å². The molecule has 5 nitrogen and oxygen atoms in total. The molecular weight excluding hydrogens is 382 g/mol. The minimum atomic E-state index is -0.586. The maximum Gasteiger partial charge on any atom is 0.262 e. The van der Waals surface area contributed by atoms with Crippen LogP contribution in [0.1, 0.15) is 26.3 Å². The molecule has 26 heavy (non-hydrogen) atoms. The molecule has 0 saturated carbocycles. The molecule has 0 radical (unpaired) electrons. The number of carbonyl (C=O) groups is 3. The molecule has 2 aromatic rings. The van der Waals surface area contributed by atoms with Gasteiger partial charge in [-0.25, -0.2) is 4.39 Å². The van der Waals surface area contributed by atoms with Crippen LogP contribution < -0.4 is 5.32 Å². The molecule has 1 aliphatic heterocycles. The van der Waals surface area contributed by atoms with E-state index in [-0.39, 0.29) is 27.0 Å². The highest BCUT2D eigenvalue weighted by atomic mass is 35.5. The quantitative estimate of drug-likeness (QED) is 0.792. The van der Waals surface area contributed by atoms with Gasteiger partial charge in [-0.05, 0) is 36.2 Å². The van der Waals surface area contributed by atoms with Crippen molar-refractivity contribution in [2.45, 2.75) is 6.42 Å². The van der Waals surface area contributed by atoms with Crippen LogP contribution >= 0.6 is 23.2 Å². The number of rotatable bonds is 5. The Morgan fingerprint density at radius 2 is 1.54 bits per heavy atom. The van der Waals surface area contributed by atoms with Crippen molar-refractivity contribution >= 4 is 40.9 Å². The Bertz CT molecular complexity index is 859. The first-order valence-electron chi connectivity index (χ1n) is 7.73. The molecule has 0 fully saturated rings. The summed E-state index contributed by atoms with van der Waals surface area (Å²) < 4.78 is 12.8. The topological polar surface area (TPSA) is 66.5 Å². The maximum absolute atomic E-state index is 12.8. The lowest BCUT2D eigenvalue weighted by Crippen LogP contribution is -2.40. The van der Waals surface area contributed by atoms with Crippen LogP contribution in [0.5, 0.6) is 0 Å². The van der Waals surface area contributed by atoms with Crippen molar-refractivity contribution in [3.05, 3.63) is 69.0 Å². The Morgan fingerprint density at radius 3 is 2.08 bits per heavy atom. The van der Waals surface area contributed by atoms with Crippen LogP contribution in [-0.2, 0) is 11.2 Å². The summed E-state index contributed by atoms with van der Waals surface area (Å²) in [6, 6.07) is 8.58. The molecule has 1 N–H and O–H groups in total. The van der Waals surface area contributed by atoms with E-state index < -0.39 is 24.3 Å². The molecule has 3 rings (SSSR count). The summed E-state index contributed by atoms with van der Waals surface area (Å²) in [7, 11) is 0. The van der Waals surface area contributed by atoms with E-state index in [1.54, 1.807) is 12.1 Å². The number of halogens is 3. The summed E-state index contributed by atoms with van der Waals surface area (Å²) in [6.45, 7) is -0.101. The first kappa shape index (κ1) is 18.4. The largest absolute Gasteiger partial charge is 0.354 e. The van der Waals surface area contributed by atoms with Gasteiger partial charge in [-0.1, -0.05) is 35.3 Å². The van der Waals surface area contributed by atoms with Crippen molar-refractivity contribution in [1.29, 1.82) is 0 Å². The molecule has 0 unspecified atom stereocenters. The maximum atomic E-state index is 12.8. The number of nitrogens with zero attached hydrogens (tertiary/aromatic N) is 1. The van der Waals surface area contributed by atoms with E-state index in [2.05, 4.69) is 5.32 Å². The van der Waals surface area contributed by atoms with Gasteiger partial charge < -0.3 is 5.32 Å². The third kappa shape index (κ3) is 3.71. The molecule has 0 atom stereocenters. The molecule has 0 spiro atoms. The Labute approximate surface area is 158 Å². The molecule has 0 bridgehead atoms. The second-order valence-electron chi connectivity index (χ2n) is 5.73. The lowest BCUT2D eigenvalue weighted by atomic mass is 10.1. The molecule has 0 aliphatic carbocycles. The van der Waals surface area contributed by atoms with Gasteiger partial charge in [0, 0.05) is 6.54 Å². The van der Waals surface area contributed by atoms with Gasteiger partial charge in [0.15, 0.2) is 0 Å². The predicted molar refractivity (Wildman–Crippen MR) is 94.9 cm³/mol. The van der Waals surface area contributed by atoms with Crippen LogP contribution in [0.2, 0.25) is 10.0 Å². The van der Waals surface area contributed by atoms with Gasteiger partial charge in [0.1, 0.15) is 12.4 Å². The molecular formula is C18H13Cl2FN2O3. The third-order valence-electron chi connectivity index (χ3n) is 3.96. The van der Waals surface area contributed by atoms with Gasteiger partial charge in [0.2, 0.25) is 5.91 Å². The van der Waals surface area contributed by atoms with Gasteiger partial charge in [-0.2, -0.15) is 0 Å². The summed E-state index contributed by atoms with van der Waals surface area (Å²) in [5.74, 6) is -1.98. The molecule has 3 amide bonds. The number of fused-ring (bicyclic) bond motifs is 1. The van der Waals surface area contributed by atoms with E-state index in [0.717, 1.165) is 10.5 Å². The van der Waals surface area contributed by atoms with Crippen molar-refractivity contribution in [1.82, 2.24) is 10.2 Å². The van der Waals surface area contributed by atoms with Crippen LogP contribution in [0, 0.1) is 5.82 Å². The highest BCUT2D eigenvalue weighted by Crippen LogP contribution is 2.31. The van der Waals surface area contributed by atoms with Crippen molar-refractivity contribution < 1.29 is 18.8 Å². The molecule has 8 heteroatoms. The lowest BCUT2D eigenvalue weighted by molar-refractivity contribution is -0.121. The first-order chi connectivity index (χ1) is 12.4. The molecule has 1 aliphatic rings. The fourth-order valence-electron chi connectivity index (χ4n) is 2.62. The molecule has 134 valence electrons. The van der Waals surface area contributed by atoms with Crippen LogP contribution in [-0.4, -0.2) is 35.7 Å². The van der Waals surface area contributed by atoms with E-state index in [4.69, 9.17) is 23.2 Å². The Kier molecular flexibility index (Phi) is 5.25. The van der Waals surface area contributed by atoms with Crippen molar-refractivity contribution in [2.75, 3.05) is 13.1 Å². The predicted octanol–water partition coefficient (Wildman–Crippen LogP) is 3.09. The van der Waals surface area contributed by atoms with Crippen LogP contribution in [0.3, 0.4) is 0 Å². The van der Waals surface area contributed by atoms with E-state index >= 15 is 0 Å². The van der Waals surface area contributed by atoms with Gasteiger partial charge in [0.05, 0.1) is 21.2 Å². The first-order valence-corrected chi connectivity index (χ1v) is 8.49. The van der Waals surface area contributed by atoms with Crippen LogP contribution in [0.15, 0.2) is 36.4 Å².